The number of benzene rings is 1. The van der Waals surface area contributed by atoms with Crippen LogP contribution < -0.4 is 5.32 Å². The van der Waals surface area contributed by atoms with E-state index in [1.165, 1.54) is 0 Å². The van der Waals surface area contributed by atoms with Crippen LogP contribution in [0.5, 0.6) is 0 Å². The van der Waals surface area contributed by atoms with Gasteiger partial charge in [-0.2, -0.15) is 0 Å². The Morgan fingerprint density at radius 2 is 2.27 bits per heavy atom. The first kappa shape index (κ1) is 16.5. The molecule has 118 valence electrons. The Balaban J connectivity index is 1.95. The number of ether oxygens (including phenoxy) is 1. The summed E-state index contributed by atoms with van der Waals surface area (Å²) in [5.41, 5.74) is 0.235. The first-order chi connectivity index (χ1) is 10.4. The molecule has 4 heteroatoms. The summed E-state index contributed by atoms with van der Waals surface area (Å²) in [6.07, 6.45) is 3.38. The number of nitrogens with one attached hydrogen (secondary N) is 1. The average Bonchev–Trinajstić information content (AvgIpc) is 2.51. The number of aliphatic hydroxyl groups is 1. The Morgan fingerprint density at radius 1 is 1.45 bits per heavy atom. The lowest BCUT2D eigenvalue weighted by atomic mass is 10.1. The molecule has 1 heterocycles. The van der Waals surface area contributed by atoms with Gasteiger partial charge >= 0.3 is 0 Å². The normalized spacial score (nSPS) is 18.2. The van der Waals surface area contributed by atoms with Crippen LogP contribution in [0.4, 0.5) is 0 Å². The zero-order valence-corrected chi connectivity index (χ0v) is 13.2. The molecule has 0 radical (unpaired) electrons. The number of hydrogen-bond donors (Lipinski definition) is 2. The fourth-order valence-electron chi connectivity index (χ4n) is 2.24. The molecule has 1 atom stereocenters. The van der Waals surface area contributed by atoms with E-state index in [1.54, 1.807) is 32.0 Å². The molecule has 22 heavy (non-hydrogen) atoms. The smallest absolute Gasteiger partial charge is 0.251 e. The van der Waals surface area contributed by atoms with Crippen molar-refractivity contribution in [3.05, 3.63) is 35.4 Å². The third kappa shape index (κ3) is 5.51. The van der Waals surface area contributed by atoms with Crippen molar-refractivity contribution in [3.8, 4) is 11.8 Å². The van der Waals surface area contributed by atoms with Gasteiger partial charge in [0, 0.05) is 24.3 Å². The zero-order chi connectivity index (χ0) is 16.0. The van der Waals surface area contributed by atoms with E-state index in [4.69, 9.17) is 4.74 Å². The summed E-state index contributed by atoms with van der Waals surface area (Å²) in [5.74, 6) is 5.50. The summed E-state index contributed by atoms with van der Waals surface area (Å²) in [7, 11) is 0. The number of carbonyl (C=O) groups excluding carboxylic acids is 1. The largest absolute Gasteiger partial charge is 0.378 e. The minimum Gasteiger partial charge on any atom is -0.378 e. The van der Waals surface area contributed by atoms with Crippen LogP contribution in [0.3, 0.4) is 0 Å². The molecule has 1 amide bonds. The third-order valence-electron chi connectivity index (χ3n) is 3.40. The summed E-state index contributed by atoms with van der Waals surface area (Å²) in [6, 6.07) is 7.10. The fraction of sp³-hybridized carbons (Fsp3) is 0.500. The Morgan fingerprint density at radius 3 is 2.95 bits per heavy atom. The molecule has 1 unspecified atom stereocenters. The average molecular weight is 301 g/mol. The van der Waals surface area contributed by atoms with Crippen LogP contribution in [0.25, 0.3) is 0 Å². The van der Waals surface area contributed by atoms with Crippen molar-refractivity contribution in [2.75, 3.05) is 13.2 Å². The molecular weight excluding hydrogens is 278 g/mol. The van der Waals surface area contributed by atoms with Gasteiger partial charge in [0.15, 0.2) is 0 Å². The number of rotatable bonds is 3. The number of amides is 1. The van der Waals surface area contributed by atoms with Gasteiger partial charge in [0.1, 0.15) is 5.60 Å². The molecule has 2 rings (SSSR count). The molecule has 4 nitrogen and oxygen atoms in total. The van der Waals surface area contributed by atoms with Crippen molar-refractivity contribution in [1.82, 2.24) is 5.32 Å². The highest BCUT2D eigenvalue weighted by Crippen LogP contribution is 2.12. The van der Waals surface area contributed by atoms with Crippen LogP contribution >= 0.6 is 0 Å². The summed E-state index contributed by atoms with van der Waals surface area (Å²) in [5, 5.41) is 12.5. The van der Waals surface area contributed by atoms with Gasteiger partial charge < -0.3 is 15.2 Å². The topological polar surface area (TPSA) is 58.6 Å². The highest BCUT2D eigenvalue weighted by Gasteiger charge is 2.15. The van der Waals surface area contributed by atoms with Crippen molar-refractivity contribution < 1.29 is 14.6 Å². The van der Waals surface area contributed by atoms with Crippen molar-refractivity contribution in [3.63, 3.8) is 0 Å². The van der Waals surface area contributed by atoms with E-state index in [1.807, 2.05) is 6.07 Å². The molecule has 1 saturated heterocycles. The minimum atomic E-state index is -1.05. The zero-order valence-electron chi connectivity index (χ0n) is 13.2. The van der Waals surface area contributed by atoms with E-state index in [2.05, 4.69) is 17.2 Å². The lowest BCUT2D eigenvalue weighted by Crippen LogP contribution is -2.35. The summed E-state index contributed by atoms with van der Waals surface area (Å²) in [4.78, 5) is 12.2. The number of carbonyl (C=O) groups is 1. The van der Waals surface area contributed by atoms with Gasteiger partial charge in [-0.3, -0.25) is 4.79 Å². The van der Waals surface area contributed by atoms with Crippen LogP contribution in [-0.2, 0) is 4.74 Å². The van der Waals surface area contributed by atoms with Crippen molar-refractivity contribution in [2.45, 2.75) is 44.8 Å². The van der Waals surface area contributed by atoms with E-state index in [-0.39, 0.29) is 12.0 Å². The van der Waals surface area contributed by atoms with E-state index in [9.17, 15) is 9.90 Å². The highest BCUT2D eigenvalue weighted by atomic mass is 16.5. The fourth-order valence-corrected chi connectivity index (χ4v) is 2.24. The molecule has 0 saturated carbocycles. The Labute approximate surface area is 131 Å². The maximum atomic E-state index is 12.2. The second-order valence-electron chi connectivity index (χ2n) is 6.09. The second-order valence-corrected chi connectivity index (χ2v) is 6.09. The Kier molecular flexibility index (Phi) is 5.59. The monoisotopic (exact) mass is 301 g/mol. The van der Waals surface area contributed by atoms with Crippen LogP contribution in [0.2, 0.25) is 0 Å². The molecule has 1 aliphatic rings. The Hall–Kier alpha value is -1.83. The molecule has 0 aliphatic carbocycles. The lowest BCUT2D eigenvalue weighted by molar-refractivity contribution is 0.0169. The summed E-state index contributed by atoms with van der Waals surface area (Å²) >= 11 is 0. The lowest BCUT2D eigenvalue weighted by Gasteiger charge is -2.22. The van der Waals surface area contributed by atoms with Crippen molar-refractivity contribution in [2.24, 2.45) is 0 Å². The standard InChI is InChI=1S/C18H23NO3/c1-18(2,21)10-9-14-6-5-7-15(12-14)17(20)19-13-16-8-3-4-11-22-16/h5-7,12,16,21H,3-4,8,11,13H2,1-2H3,(H,19,20). The van der Waals surface area contributed by atoms with Gasteiger partial charge in [0.25, 0.3) is 5.91 Å². The quantitative estimate of drug-likeness (QED) is 0.841. The SMILES string of the molecule is CC(C)(O)C#Cc1cccc(C(=O)NCC2CCCCO2)c1. The van der Waals surface area contributed by atoms with Crippen LogP contribution in [0.15, 0.2) is 24.3 Å². The van der Waals surface area contributed by atoms with Gasteiger partial charge in [-0.25, -0.2) is 0 Å². The molecule has 1 fully saturated rings. The molecule has 2 N–H and O–H groups in total. The van der Waals surface area contributed by atoms with Gasteiger partial charge in [-0.05, 0) is 51.3 Å². The second kappa shape index (κ2) is 7.44. The van der Waals surface area contributed by atoms with Crippen LogP contribution in [-0.4, -0.2) is 35.9 Å². The van der Waals surface area contributed by atoms with Gasteiger partial charge in [0.05, 0.1) is 6.10 Å². The van der Waals surface area contributed by atoms with Crippen LogP contribution in [0.1, 0.15) is 49.0 Å². The van der Waals surface area contributed by atoms with Gasteiger partial charge in [-0.1, -0.05) is 17.9 Å². The third-order valence-corrected chi connectivity index (χ3v) is 3.40. The van der Waals surface area contributed by atoms with E-state index in [0.29, 0.717) is 17.7 Å². The number of hydrogen-bond acceptors (Lipinski definition) is 3. The Bertz CT molecular complexity index is 572. The van der Waals surface area contributed by atoms with Crippen molar-refractivity contribution in [1.29, 1.82) is 0 Å². The van der Waals surface area contributed by atoms with E-state index < -0.39 is 5.60 Å². The maximum absolute atomic E-state index is 12.2. The molecule has 1 aliphatic heterocycles. The molecule has 1 aromatic carbocycles. The first-order valence-electron chi connectivity index (χ1n) is 7.69. The molecule has 0 spiro atoms. The predicted octanol–water partition coefficient (Wildman–Crippen LogP) is 2.11. The van der Waals surface area contributed by atoms with Gasteiger partial charge in [-0.15, -0.1) is 0 Å². The summed E-state index contributed by atoms with van der Waals surface area (Å²) in [6.45, 7) is 4.57. The highest BCUT2D eigenvalue weighted by molar-refractivity contribution is 5.94. The molecule has 0 bridgehead atoms. The minimum absolute atomic E-state index is 0.121. The molecular formula is C18H23NO3. The van der Waals surface area contributed by atoms with E-state index in [0.717, 1.165) is 25.9 Å². The van der Waals surface area contributed by atoms with Crippen LogP contribution in [0, 0.1) is 11.8 Å². The maximum Gasteiger partial charge on any atom is 0.251 e. The predicted molar refractivity (Wildman–Crippen MR) is 85.5 cm³/mol. The van der Waals surface area contributed by atoms with Crippen molar-refractivity contribution >= 4 is 5.91 Å². The first-order valence-corrected chi connectivity index (χ1v) is 7.69. The molecule has 1 aromatic rings. The van der Waals surface area contributed by atoms with E-state index >= 15 is 0 Å². The summed E-state index contributed by atoms with van der Waals surface area (Å²) < 4.78 is 5.60. The molecule has 0 aromatic heterocycles. The van der Waals surface area contributed by atoms with Gasteiger partial charge in [0.2, 0.25) is 0 Å².